The van der Waals surface area contributed by atoms with E-state index in [1.807, 2.05) is 0 Å². The molecule has 0 spiro atoms. The summed E-state index contributed by atoms with van der Waals surface area (Å²) in [6.45, 7) is 1.29. The maximum Gasteiger partial charge on any atom is 0.329 e. The lowest BCUT2D eigenvalue weighted by atomic mass is 10.2. The van der Waals surface area contributed by atoms with Crippen molar-refractivity contribution < 1.29 is 19.4 Å². The Morgan fingerprint density at radius 2 is 2.20 bits per heavy atom. The van der Waals surface area contributed by atoms with E-state index in [0.717, 1.165) is 25.8 Å². The fraction of sp³-hybridized carbons (Fsp3) is 0.800. The van der Waals surface area contributed by atoms with Crippen molar-refractivity contribution in [3.8, 4) is 0 Å². The number of amides is 1. The second-order valence-corrected chi connectivity index (χ2v) is 3.64. The lowest BCUT2D eigenvalue weighted by Crippen LogP contribution is -2.33. The highest BCUT2D eigenvalue weighted by Crippen LogP contribution is 2.10. The maximum atomic E-state index is 11.5. The van der Waals surface area contributed by atoms with Crippen molar-refractivity contribution in [3.63, 3.8) is 0 Å². The van der Waals surface area contributed by atoms with E-state index in [9.17, 15) is 9.59 Å². The van der Waals surface area contributed by atoms with Gasteiger partial charge in [-0.05, 0) is 12.8 Å². The van der Waals surface area contributed by atoms with Crippen molar-refractivity contribution in [3.05, 3.63) is 0 Å². The number of rotatable bonds is 5. The van der Waals surface area contributed by atoms with Gasteiger partial charge in [0.1, 0.15) is 6.61 Å². The van der Waals surface area contributed by atoms with E-state index in [-0.39, 0.29) is 12.5 Å². The molecule has 0 aromatic carbocycles. The van der Waals surface area contributed by atoms with Gasteiger partial charge in [0, 0.05) is 19.5 Å². The Morgan fingerprint density at radius 3 is 2.93 bits per heavy atom. The first-order valence-corrected chi connectivity index (χ1v) is 5.27. The highest BCUT2D eigenvalue weighted by molar-refractivity contribution is 5.76. The average molecular weight is 215 g/mol. The normalized spacial score (nSPS) is 17.6. The minimum absolute atomic E-state index is 0.159. The summed E-state index contributed by atoms with van der Waals surface area (Å²) in [5.41, 5.74) is 0. The van der Waals surface area contributed by atoms with Gasteiger partial charge in [-0.2, -0.15) is 0 Å². The number of ether oxygens (including phenoxy) is 1. The molecule has 1 saturated heterocycles. The van der Waals surface area contributed by atoms with Crippen LogP contribution in [0.4, 0.5) is 0 Å². The molecule has 1 aliphatic heterocycles. The monoisotopic (exact) mass is 215 g/mol. The zero-order chi connectivity index (χ0) is 11.1. The number of carbonyl (C=O) groups is 2. The van der Waals surface area contributed by atoms with Gasteiger partial charge in [-0.1, -0.05) is 6.42 Å². The van der Waals surface area contributed by atoms with E-state index >= 15 is 0 Å². The summed E-state index contributed by atoms with van der Waals surface area (Å²) in [5.74, 6) is -0.816. The number of hydrogen-bond donors (Lipinski definition) is 1. The van der Waals surface area contributed by atoms with Crippen molar-refractivity contribution in [2.75, 3.05) is 26.3 Å². The van der Waals surface area contributed by atoms with Crippen molar-refractivity contribution in [1.82, 2.24) is 4.90 Å². The SMILES string of the molecule is O=C(O)COCCN1CCCCCC1=O. The van der Waals surface area contributed by atoms with Crippen LogP contribution in [0.1, 0.15) is 25.7 Å². The van der Waals surface area contributed by atoms with Crippen molar-refractivity contribution in [1.29, 1.82) is 0 Å². The number of likely N-dealkylation sites (tertiary alicyclic amines) is 1. The van der Waals surface area contributed by atoms with Gasteiger partial charge in [-0.3, -0.25) is 4.79 Å². The number of aliphatic carboxylic acids is 1. The fourth-order valence-electron chi connectivity index (χ4n) is 1.61. The predicted molar refractivity (Wildman–Crippen MR) is 53.5 cm³/mol. The second-order valence-electron chi connectivity index (χ2n) is 3.64. The lowest BCUT2D eigenvalue weighted by molar-refractivity contribution is -0.142. The summed E-state index contributed by atoms with van der Waals surface area (Å²) < 4.78 is 4.89. The van der Waals surface area contributed by atoms with Crippen LogP contribution in [0, 0.1) is 0 Å². The van der Waals surface area contributed by atoms with Crippen LogP contribution in [0.2, 0.25) is 0 Å². The molecule has 0 saturated carbocycles. The van der Waals surface area contributed by atoms with E-state index in [0.29, 0.717) is 19.6 Å². The molecule has 86 valence electrons. The van der Waals surface area contributed by atoms with Gasteiger partial charge < -0.3 is 14.7 Å². The van der Waals surface area contributed by atoms with Gasteiger partial charge >= 0.3 is 5.97 Å². The third kappa shape index (κ3) is 4.78. The number of nitrogens with zero attached hydrogens (tertiary/aromatic N) is 1. The largest absolute Gasteiger partial charge is 0.480 e. The molecule has 0 aliphatic carbocycles. The third-order valence-electron chi connectivity index (χ3n) is 2.40. The first-order chi connectivity index (χ1) is 7.20. The summed E-state index contributed by atoms with van der Waals surface area (Å²) in [6.07, 6.45) is 3.70. The van der Waals surface area contributed by atoms with Gasteiger partial charge in [0.25, 0.3) is 0 Å². The lowest BCUT2D eigenvalue weighted by Gasteiger charge is -2.19. The quantitative estimate of drug-likeness (QED) is 0.678. The molecule has 0 aromatic rings. The highest BCUT2D eigenvalue weighted by Gasteiger charge is 2.15. The molecule has 0 atom stereocenters. The Hall–Kier alpha value is -1.10. The third-order valence-corrected chi connectivity index (χ3v) is 2.40. The summed E-state index contributed by atoms with van der Waals surface area (Å²) in [4.78, 5) is 23.4. The number of carboxylic acids is 1. The van der Waals surface area contributed by atoms with Crippen LogP contribution in [0.15, 0.2) is 0 Å². The van der Waals surface area contributed by atoms with Crippen LogP contribution in [0.3, 0.4) is 0 Å². The van der Waals surface area contributed by atoms with E-state index in [1.165, 1.54) is 0 Å². The fourth-order valence-corrected chi connectivity index (χ4v) is 1.61. The van der Waals surface area contributed by atoms with Crippen LogP contribution in [-0.2, 0) is 14.3 Å². The molecule has 1 amide bonds. The Bertz CT molecular complexity index is 229. The van der Waals surface area contributed by atoms with Crippen LogP contribution in [0.5, 0.6) is 0 Å². The van der Waals surface area contributed by atoms with Gasteiger partial charge in [0.15, 0.2) is 0 Å². The summed E-state index contributed by atoms with van der Waals surface area (Å²) in [7, 11) is 0. The van der Waals surface area contributed by atoms with Gasteiger partial charge in [-0.25, -0.2) is 4.79 Å². The Kier molecular flexibility index (Phi) is 5.10. The molecule has 0 unspecified atom stereocenters. The van der Waals surface area contributed by atoms with Gasteiger partial charge in [0.2, 0.25) is 5.91 Å². The first-order valence-electron chi connectivity index (χ1n) is 5.27. The first kappa shape index (κ1) is 12.0. The molecule has 0 radical (unpaired) electrons. The molecule has 1 aliphatic rings. The summed E-state index contributed by atoms with van der Waals surface area (Å²) in [5, 5.41) is 8.34. The van der Waals surface area contributed by atoms with E-state index < -0.39 is 5.97 Å². The maximum absolute atomic E-state index is 11.5. The van der Waals surface area contributed by atoms with E-state index in [2.05, 4.69) is 0 Å². The van der Waals surface area contributed by atoms with Crippen molar-refractivity contribution in [2.24, 2.45) is 0 Å². The second kappa shape index (κ2) is 6.40. The average Bonchev–Trinajstić information content (AvgIpc) is 2.38. The van der Waals surface area contributed by atoms with Crippen LogP contribution in [0.25, 0.3) is 0 Å². The molecule has 0 bridgehead atoms. The molecule has 5 heteroatoms. The minimum Gasteiger partial charge on any atom is -0.480 e. The highest BCUT2D eigenvalue weighted by atomic mass is 16.5. The van der Waals surface area contributed by atoms with Crippen LogP contribution >= 0.6 is 0 Å². The van der Waals surface area contributed by atoms with Crippen LogP contribution < -0.4 is 0 Å². The number of carboxylic acid groups (broad SMARTS) is 1. The number of hydrogen-bond acceptors (Lipinski definition) is 3. The molecule has 1 rings (SSSR count). The predicted octanol–water partition coefficient (Wildman–Crippen LogP) is 0.490. The summed E-state index contributed by atoms with van der Waals surface area (Å²) >= 11 is 0. The van der Waals surface area contributed by atoms with E-state index in [1.54, 1.807) is 4.90 Å². The Balaban J connectivity index is 2.18. The molecule has 1 fully saturated rings. The Labute approximate surface area is 89.0 Å². The molecule has 1 heterocycles. The molecule has 15 heavy (non-hydrogen) atoms. The summed E-state index contributed by atoms with van der Waals surface area (Å²) in [6, 6.07) is 0. The van der Waals surface area contributed by atoms with Crippen molar-refractivity contribution >= 4 is 11.9 Å². The molecule has 5 nitrogen and oxygen atoms in total. The molecular weight excluding hydrogens is 198 g/mol. The smallest absolute Gasteiger partial charge is 0.329 e. The molecule has 0 aromatic heterocycles. The zero-order valence-electron chi connectivity index (χ0n) is 8.78. The van der Waals surface area contributed by atoms with E-state index in [4.69, 9.17) is 9.84 Å². The van der Waals surface area contributed by atoms with Gasteiger partial charge in [-0.15, -0.1) is 0 Å². The zero-order valence-corrected chi connectivity index (χ0v) is 8.78. The van der Waals surface area contributed by atoms with Crippen LogP contribution in [-0.4, -0.2) is 48.2 Å². The van der Waals surface area contributed by atoms with Crippen molar-refractivity contribution in [2.45, 2.75) is 25.7 Å². The topological polar surface area (TPSA) is 66.8 Å². The van der Waals surface area contributed by atoms with Gasteiger partial charge in [0.05, 0.1) is 6.61 Å². The standard InChI is InChI=1S/C10H17NO4/c12-9-4-2-1-3-5-11(9)6-7-15-8-10(13)14/h1-8H2,(H,13,14). The number of carbonyl (C=O) groups excluding carboxylic acids is 1. The molecular formula is C10H17NO4. The molecule has 1 N–H and O–H groups in total. The minimum atomic E-state index is -0.975. The Morgan fingerprint density at radius 1 is 1.40 bits per heavy atom.